The number of hydrogen-bond donors (Lipinski definition) is 2. The van der Waals surface area contributed by atoms with Crippen molar-refractivity contribution in [2.24, 2.45) is 11.3 Å². The predicted octanol–water partition coefficient (Wildman–Crippen LogP) is 1.88. The fourth-order valence-corrected chi connectivity index (χ4v) is 2.16. The molecule has 0 saturated heterocycles. The first-order valence-corrected chi connectivity index (χ1v) is 5.67. The Morgan fingerprint density at radius 2 is 2.07 bits per heavy atom. The SMILES string of the molecule is CC(C)NC(=O)NCC1(C2CC2)CC1. The fourth-order valence-electron chi connectivity index (χ4n) is 2.16. The summed E-state index contributed by atoms with van der Waals surface area (Å²) in [4.78, 5) is 11.3. The van der Waals surface area contributed by atoms with Crippen LogP contribution in [0, 0.1) is 11.3 Å². The summed E-state index contributed by atoms with van der Waals surface area (Å²) in [5.74, 6) is 0.918. The molecule has 2 aliphatic carbocycles. The highest BCUT2D eigenvalue weighted by Gasteiger charge is 2.53. The fraction of sp³-hybridized carbons (Fsp3) is 0.909. The molecule has 0 aromatic carbocycles. The molecular formula is C11H20N2O. The minimum absolute atomic E-state index is 0.00748. The predicted molar refractivity (Wildman–Crippen MR) is 56.1 cm³/mol. The maximum Gasteiger partial charge on any atom is 0.315 e. The lowest BCUT2D eigenvalue weighted by molar-refractivity contribution is 0.234. The number of carbonyl (C=O) groups is 1. The summed E-state index contributed by atoms with van der Waals surface area (Å²) in [5.41, 5.74) is 0.508. The molecule has 14 heavy (non-hydrogen) atoms. The zero-order chi connectivity index (χ0) is 10.2. The third-order valence-electron chi connectivity index (χ3n) is 3.36. The number of hydrogen-bond acceptors (Lipinski definition) is 1. The molecule has 0 spiro atoms. The number of amides is 2. The second kappa shape index (κ2) is 3.44. The van der Waals surface area contributed by atoms with Gasteiger partial charge in [-0.05, 0) is 50.9 Å². The maximum absolute atomic E-state index is 11.3. The maximum atomic E-state index is 11.3. The number of rotatable bonds is 4. The van der Waals surface area contributed by atoms with Gasteiger partial charge in [0.1, 0.15) is 0 Å². The summed E-state index contributed by atoms with van der Waals surface area (Å²) < 4.78 is 0. The number of nitrogens with one attached hydrogen (secondary N) is 2. The summed E-state index contributed by atoms with van der Waals surface area (Å²) in [6.45, 7) is 4.84. The van der Waals surface area contributed by atoms with Crippen molar-refractivity contribution >= 4 is 6.03 Å². The molecule has 2 saturated carbocycles. The van der Waals surface area contributed by atoms with Gasteiger partial charge in [0.2, 0.25) is 0 Å². The highest BCUT2D eigenvalue weighted by atomic mass is 16.2. The van der Waals surface area contributed by atoms with Gasteiger partial charge in [-0.1, -0.05) is 0 Å². The molecule has 0 aromatic heterocycles. The minimum Gasteiger partial charge on any atom is -0.338 e. The first-order chi connectivity index (χ1) is 6.62. The number of carbonyl (C=O) groups excluding carboxylic acids is 1. The van der Waals surface area contributed by atoms with Gasteiger partial charge in [0.05, 0.1) is 0 Å². The lowest BCUT2D eigenvalue weighted by Gasteiger charge is -2.16. The van der Waals surface area contributed by atoms with E-state index >= 15 is 0 Å². The van der Waals surface area contributed by atoms with Crippen LogP contribution in [0.4, 0.5) is 4.79 Å². The molecule has 0 heterocycles. The highest BCUT2D eigenvalue weighted by Crippen LogP contribution is 2.60. The third-order valence-corrected chi connectivity index (χ3v) is 3.36. The molecule has 2 N–H and O–H groups in total. The summed E-state index contributed by atoms with van der Waals surface area (Å²) in [7, 11) is 0. The van der Waals surface area contributed by atoms with Crippen molar-refractivity contribution in [2.45, 2.75) is 45.6 Å². The van der Waals surface area contributed by atoms with E-state index in [1.165, 1.54) is 25.7 Å². The van der Waals surface area contributed by atoms with E-state index < -0.39 is 0 Å². The Morgan fingerprint density at radius 1 is 1.43 bits per heavy atom. The van der Waals surface area contributed by atoms with Gasteiger partial charge >= 0.3 is 6.03 Å². The average Bonchev–Trinajstić information content (AvgIpc) is 2.94. The first-order valence-electron chi connectivity index (χ1n) is 5.67. The van der Waals surface area contributed by atoms with Crippen LogP contribution >= 0.6 is 0 Å². The Morgan fingerprint density at radius 3 is 2.50 bits per heavy atom. The summed E-state index contributed by atoms with van der Waals surface area (Å²) in [5, 5.41) is 5.84. The zero-order valence-electron chi connectivity index (χ0n) is 9.10. The molecule has 0 aromatic rings. The first kappa shape index (κ1) is 9.81. The van der Waals surface area contributed by atoms with Crippen molar-refractivity contribution in [3.63, 3.8) is 0 Å². The van der Waals surface area contributed by atoms with Crippen molar-refractivity contribution in [1.29, 1.82) is 0 Å². The van der Waals surface area contributed by atoms with E-state index in [1.807, 2.05) is 13.8 Å². The van der Waals surface area contributed by atoms with Gasteiger partial charge in [0, 0.05) is 12.6 Å². The van der Waals surface area contributed by atoms with Crippen molar-refractivity contribution in [3.05, 3.63) is 0 Å². The second-order valence-electron chi connectivity index (χ2n) is 5.12. The van der Waals surface area contributed by atoms with Crippen molar-refractivity contribution in [3.8, 4) is 0 Å². The standard InChI is InChI=1S/C11H20N2O/c1-8(2)13-10(14)12-7-11(5-6-11)9-3-4-9/h8-9H,3-7H2,1-2H3,(H2,12,13,14). The van der Waals surface area contributed by atoms with E-state index in [2.05, 4.69) is 10.6 Å². The normalized spacial score (nSPS) is 23.4. The van der Waals surface area contributed by atoms with E-state index in [0.717, 1.165) is 12.5 Å². The minimum atomic E-state index is -0.00748. The molecule has 0 bridgehead atoms. The van der Waals surface area contributed by atoms with Crippen molar-refractivity contribution < 1.29 is 4.79 Å². The van der Waals surface area contributed by atoms with E-state index in [0.29, 0.717) is 5.41 Å². The Kier molecular flexibility index (Phi) is 2.41. The van der Waals surface area contributed by atoms with Crippen LogP contribution in [0.25, 0.3) is 0 Å². The molecule has 0 aliphatic heterocycles. The van der Waals surface area contributed by atoms with Gasteiger partial charge in [0.15, 0.2) is 0 Å². The summed E-state index contributed by atoms with van der Waals surface area (Å²) >= 11 is 0. The van der Waals surface area contributed by atoms with Gasteiger partial charge in [0.25, 0.3) is 0 Å². The number of urea groups is 1. The van der Waals surface area contributed by atoms with Gasteiger partial charge < -0.3 is 10.6 Å². The van der Waals surface area contributed by atoms with E-state index in [-0.39, 0.29) is 12.1 Å². The Bertz CT molecular complexity index is 229. The van der Waals surface area contributed by atoms with Crippen LogP contribution in [0.5, 0.6) is 0 Å². The molecule has 80 valence electrons. The molecule has 0 radical (unpaired) electrons. The summed E-state index contributed by atoms with van der Waals surface area (Å²) in [6.07, 6.45) is 5.40. The Hall–Kier alpha value is -0.730. The van der Waals surface area contributed by atoms with Crippen LogP contribution in [-0.2, 0) is 0 Å². The molecule has 3 heteroatoms. The second-order valence-corrected chi connectivity index (χ2v) is 5.12. The van der Waals surface area contributed by atoms with Crippen LogP contribution < -0.4 is 10.6 Å². The molecule has 0 atom stereocenters. The Balaban J connectivity index is 1.69. The smallest absolute Gasteiger partial charge is 0.315 e. The summed E-state index contributed by atoms with van der Waals surface area (Å²) in [6, 6.07) is 0.220. The largest absolute Gasteiger partial charge is 0.338 e. The van der Waals surface area contributed by atoms with E-state index in [4.69, 9.17) is 0 Å². The molecule has 2 amide bonds. The quantitative estimate of drug-likeness (QED) is 0.708. The van der Waals surface area contributed by atoms with Crippen LogP contribution in [0.3, 0.4) is 0 Å². The van der Waals surface area contributed by atoms with E-state index in [9.17, 15) is 4.79 Å². The lowest BCUT2D eigenvalue weighted by atomic mass is 10.0. The lowest BCUT2D eigenvalue weighted by Crippen LogP contribution is -2.42. The molecule has 2 rings (SSSR count). The van der Waals surface area contributed by atoms with Crippen LogP contribution in [0.1, 0.15) is 39.5 Å². The Labute approximate surface area is 85.6 Å². The molecule has 2 aliphatic rings. The van der Waals surface area contributed by atoms with Gasteiger partial charge in [-0.15, -0.1) is 0 Å². The van der Waals surface area contributed by atoms with E-state index in [1.54, 1.807) is 0 Å². The van der Waals surface area contributed by atoms with Crippen molar-refractivity contribution in [1.82, 2.24) is 10.6 Å². The highest BCUT2D eigenvalue weighted by molar-refractivity contribution is 5.74. The van der Waals surface area contributed by atoms with Crippen LogP contribution in [-0.4, -0.2) is 18.6 Å². The molecule has 3 nitrogen and oxygen atoms in total. The van der Waals surface area contributed by atoms with Gasteiger partial charge in [-0.25, -0.2) is 4.79 Å². The van der Waals surface area contributed by atoms with Crippen molar-refractivity contribution in [2.75, 3.05) is 6.54 Å². The topological polar surface area (TPSA) is 41.1 Å². The molecular weight excluding hydrogens is 176 g/mol. The molecule has 2 fully saturated rings. The average molecular weight is 196 g/mol. The van der Waals surface area contributed by atoms with Crippen LogP contribution in [0.2, 0.25) is 0 Å². The van der Waals surface area contributed by atoms with Gasteiger partial charge in [-0.2, -0.15) is 0 Å². The monoisotopic (exact) mass is 196 g/mol. The zero-order valence-corrected chi connectivity index (χ0v) is 9.10. The molecule has 0 unspecified atom stereocenters. The van der Waals surface area contributed by atoms with Gasteiger partial charge in [-0.3, -0.25) is 0 Å². The third kappa shape index (κ3) is 2.20. The van der Waals surface area contributed by atoms with Crippen LogP contribution in [0.15, 0.2) is 0 Å².